The highest BCUT2D eigenvalue weighted by Gasteiger charge is 2.31. The van der Waals surface area contributed by atoms with Crippen LogP contribution in [0.25, 0.3) is 0 Å². The van der Waals surface area contributed by atoms with Crippen LogP contribution in [0.1, 0.15) is 24.8 Å². The summed E-state index contributed by atoms with van der Waals surface area (Å²) in [7, 11) is -2.13. The smallest absolute Gasteiger partial charge is 0.317 e. The van der Waals surface area contributed by atoms with E-state index in [4.69, 9.17) is 5.11 Å². The van der Waals surface area contributed by atoms with E-state index in [2.05, 4.69) is 0 Å². The number of carboxylic acid groups (broad SMARTS) is 1. The van der Waals surface area contributed by atoms with Crippen molar-refractivity contribution in [2.75, 3.05) is 26.7 Å². The number of non-ortho nitro benzene ring substituents is 1. The third kappa shape index (κ3) is 4.57. The first-order valence-corrected chi connectivity index (χ1v) is 9.74. The Balaban J connectivity index is 2.21. The molecule has 0 aromatic heterocycles. The standard InChI is InChI=1S/C16H23N3O6S/c1-12-5-6-14(19(22)23)10-15(12)26(24,25)18-8-3-4-13(7-9-18)17(2)11-16(20)21/h5-6,10,13H,3-4,7-9,11H2,1-2H3,(H,20,21). The summed E-state index contributed by atoms with van der Waals surface area (Å²) in [5.41, 5.74) is 0.197. The Morgan fingerprint density at radius 3 is 2.69 bits per heavy atom. The van der Waals surface area contributed by atoms with Crippen molar-refractivity contribution in [2.45, 2.75) is 37.1 Å². The van der Waals surface area contributed by atoms with Crippen LogP contribution in [0, 0.1) is 17.0 Å². The average Bonchev–Trinajstić information content (AvgIpc) is 2.80. The summed E-state index contributed by atoms with van der Waals surface area (Å²) in [5.74, 6) is -0.923. The number of hydrogen-bond acceptors (Lipinski definition) is 6. The molecule has 26 heavy (non-hydrogen) atoms. The Morgan fingerprint density at radius 1 is 1.38 bits per heavy atom. The lowest BCUT2D eigenvalue weighted by atomic mass is 10.1. The highest BCUT2D eigenvalue weighted by atomic mass is 32.2. The van der Waals surface area contributed by atoms with Crippen molar-refractivity contribution in [3.05, 3.63) is 33.9 Å². The van der Waals surface area contributed by atoms with Crippen LogP contribution in [0.15, 0.2) is 23.1 Å². The number of benzene rings is 1. The normalized spacial score (nSPS) is 19.3. The average molecular weight is 385 g/mol. The van der Waals surface area contributed by atoms with Gasteiger partial charge in [-0.25, -0.2) is 8.42 Å². The van der Waals surface area contributed by atoms with E-state index in [0.717, 1.165) is 6.07 Å². The SMILES string of the molecule is Cc1ccc([N+](=O)[O-])cc1S(=O)(=O)N1CCCC(N(C)CC(=O)O)CC1. The van der Waals surface area contributed by atoms with Gasteiger partial charge in [0.05, 0.1) is 16.4 Å². The fraction of sp³-hybridized carbons (Fsp3) is 0.562. The monoisotopic (exact) mass is 385 g/mol. The van der Waals surface area contributed by atoms with Gasteiger partial charge in [-0.1, -0.05) is 6.07 Å². The van der Waals surface area contributed by atoms with Crippen LogP contribution in [0.2, 0.25) is 0 Å². The summed E-state index contributed by atoms with van der Waals surface area (Å²) in [4.78, 5) is 22.9. The number of likely N-dealkylation sites (N-methyl/N-ethyl adjacent to an activating group) is 1. The lowest BCUT2D eigenvalue weighted by molar-refractivity contribution is -0.385. The van der Waals surface area contributed by atoms with Crippen molar-refractivity contribution in [1.82, 2.24) is 9.21 Å². The third-order valence-corrected chi connectivity index (χ3v) is 6.71. The van der Waals surface area contributed by atoms with Crippen LogP contribution in [-0.2, 0) is 14.8 Å². The highest BCUT2D eigenvalue weighted by Crippen LogP contribution is 2.27. The van der Waals surface area contributed by atoms with Gasteiger partial charge in [0.25, 0.3) is 5.69 Å². The van der Waals surface area contributed by atoms with Gasteiger partial charge in [-0.15, -0.1) is 0 Å². The molecule has 0 spiro atoms. The zero-order chi connectivity index (χ0) is 19.5. The lowest BCUT2D eigenvalue weighted by Crippen LogP contribution is -2.37. The van der Waals surface area contributed by atoms with E-state index in [-0.39, 0.29) is 29.7 Å². The van der Waals surface area contributed by atoms with Gasteiger partial charge in [0.15, 0.2) is 0 Å². The summed E-state index contributed by atoms with van der Waals surface area (Å²) in [5, 5.41) is 19.9. The Labute approximate surface area is 152 Å². The second-order valence-electron chi connectivity index (χ2n) is 6.50. The first-order chi connectivity index (χ1) is 12.1. The maximum absolute atomic E-state index is 13.0. The maximum Gasteiger partial charge on any atom is 0.317 e. The van der Waals surface area contributed by atoms with E-state index in [1.165, 1.54) is 16.4 Å². The second kappa shape index (κ2) is 8.11. The van der Waals surface area contributed by atoms with E-state index in [1.54, 1.807) is 18.9 Å². The number of hydrogen-bond donors (Lipinski definition) is 1. The van der Waals surface area contributed by atoms with Crippen molar-refractivity contribution in [2.24, 2.45) is 0 Å². The van der Waals surface area contributed by atoms with Crippen LogP contribution in [0.4, 0.5) is 5.69 Å². The lowest BCUT2D eigenvalue weighted by Gasteiger charge is -2.25. The summed E-state index contributed by atoms with van der Waals surface area (Å²) in [6, 6.07) is 3.81. The van der Waals surface area contributed by atoms with E-state index >= 15 is 0 Å². The van der Waals surface area contributed by atoms with Gasteiger partial charge in [-0.05, 0) is 38.8 Å². The minimum atomic E-state index is -3.85. The van der Waals surface area contributed by atoms with Crippen LogP contribution in [-0.4, -0.2) is 66.3 Å². The first-order valence-electron chi connectivity index (χ1n) is 8.30. The van der Waals surface area contributed by atoms with Gasteiger partial charge in [0.2, 0.25) is 10.0 Å². The van der Waals surface area contributed by atoms with Crippen molar-refractivity contribution in [3.8, 4) is 0 Å². The van der Waals surface area contributed by atoms with E-state index in [0.29, 0.717) is 31.4 Å². The van der Waals surface area contributed by atoms with Gasteiger partial charge < -0.3 is 5.11 Å². The molecule has 0 radical (unpaired) electrons. The predicted octanol–water partition coefficient (Wildman–Crippen LogP) is 1.46. The van der Waals surface area contributed by atoms with Crippen molar-refractivity contribution >= 4 is 21.7 Å². The molecular weight excluding hydrogens is 362 g/mol. The van der Waals surface area contributed by atoms with Gasteiger partial charge in [0.1, 0.15) is 0 Å². The maximum atomic E-state index is 13.0. The zero-order valence-corrected chi connectivity index (χ0v) is 15.6. The molecule has 1 fully saturated rings. The molecule has 1 saturated heterocycles. The van der Waals surface area contributed by atoms with Crippen molar-refractivity contribution < 1.29 is 23.2 Å². The van der Waals surface area contributed by atoms with Crippen LogP contribution >= 0.6 is 0 Å². The van der Waals surface area contributed by atoms with E-state index < -0.39 is 20.9 Å². The number of nitro groups is 1. The summed E-state index contributed by atoms with van der Waals surface area (Å²) >= 11 is 0. The third-order valence-electron chi connectivity index (χ3n) is 4.66. The molecule has 1 atom stereocenters. The number of carbonyl (C=O) groups is 1. The molecule has 0 saturated carbocycles. The molecule has 0 amide bonds. The molecule has 0 aliphatic carbocycles. The second-order valence-corrected chi connectivity index (χ2v) is 8.41. The zero-order valence-electron chi connectivity index (χ0n) is 14.8. The van der Waals surface area contributed by atoms with Crippen molar-refractivity contribution in [3.63, 3.8) is 0 Å². The summed E-state index contributed by atoms with van der Waals surface area (Å²) in [6.07, 6.45) is 1.81. The fourth-order valence-corrected chi connectivity index (χ4v) is 4.93. The fourth-order valence-electron chi connectivity index (χ4n) is 3.20. The molecule has 144 valence electrons. The molecule has 1 aromatic carbocycles. The molecule has 9 nitrogen and oxygen atoms in total. The van der Waals surface area contributed by atoms with Gasteiger partial charge in [-0.2, -0.15) is 4.31 Å². The van der Waals surface area contributed by atoms with E-state index in [9.17, 15) is 23.3 Å². The number of nitro benzene ring substituents is 1. The highest BCUT2D eigenvalue weighted by molar-refractivity contribution is 7.89. The molecule has 1 heterocycles. The number of aliphatic carboxylic acids is 1. The molecule has 1 aliphatic rings. The Bertz CT molecular complexity index is 795. The van der Waals surface area contributed by atoms with Gasteiger partial charge in [0, 0.05) is 31.3 Å². The molecule has 0 bridgehead atoms. The Morgan fingerprint density at radius 2 is 2.08 bits per heavy atom. The van der Waals surface area contributed by atoms with Gasteiger partial charge in [-0.3, -0.25) is 19.8 Å². The number of nitrogens with zero attached hydrogens (tertiary/aromatic N) is 3. The topological polar surface area (TPSA) is 121 Å². The minimum Gasteiger partial charge on any atom is -0.480 e. The molecule has 1 aliphatic heterocycles. The predicted molar refractivity (Wildman–Crippen MR) is 94.5 cm³/mol. The number of aryl methyl sites for hydroxylation is 1. The number of sulfonamides is 1. The molecule has 10 heteroatoms. The van der Waals surface area contributed by atoms with Crippen LogP contribution in [0.3, 0.4) is 0 Å². The van der Waals surface area contributed by atoms with Crippen molar-refractivity contribution in [1.29, 1.82) is 0 Å². The summed E-state index contributed by atoms with van der Waals surface area (Å²) in [6.45, 7) is 2.07. The van der Waals surface area contributed by atoms with Gasteiger partial charge >= 0.3 is 5.97 Å². The molecule has 1 aromatic rings. The van der Waals surface area contributed by atoms with E-state index in [1.807, 2.05) is 0 Å². The largest absolute Gasteiger partial charge is 0.480 e. The molecule has 1 N–H and O–H groups in total. The quantitative estimate of drug-likeness (QED) is 0.581. The van der Waals surface area contributed by atoms with Crippen LogP contribution < -0.4 is 0 Å². The summed E-state index contributed by atoms with van der Waals surface area (Å²) < 4.78 is 27.3. The Hall–Kier alpha value is -2.04. The minimum absolute atomic E-state index is 0.0162. The molecular formula is C16H23N3O6S. The molecule has 1 unspecified atom stereocenters. The van der Waals surface area contributed by atoms with Crippen LogP contribution in [0.5, 0.6) is 0 Å². The molecule has 2 rings (SSSR count). The number of rotatable bonds is 6. The first kappa shape index (κ1) is 20.3. The Kier molecular flexibility index (Phi) is 6.32. The number of carboxylic acids is 1.